The fraction of sp³-hybridized carbons (Fsp3) is 0.667. The SMILES string of the molecule is C=CCC/C=C(\CCC)CCCN. The van der Waals surface area contributed by atoms with Crippen molar-refractivity contribution in [3.63, 3.8) is 0 Å². The van der Waals surface area contributed by atoms with Gasteiger partial charge in [0.2, 0.25) is 0 Å². The van der Waals surface area contributed by atoms with Crippen molar-refractivity contribution in [1.82, 2.24) is 0 Å². The second-order valence-corrected chi connectivity index (χ2v) is 3.37. The average molecular weight is 181 g/mol. The van der Waals surface area contributed by atoms with E-state index >= 15 is 0 Å². The van der Waals surface area contributed by atoms with Crippen molar-refractivity contribution >= 4 is 0 Å². The Morgan fingerprint density at radius 2 is 2.08 bits per heavy atom. The molecule has 0 aliphatic rings. The van der Waals surface area contributed by atoms with Gasteiger partial charge in [-0.15, -0.1) is 6.58 Å². The zero-order valence-corrected chi connectivity index (χ0v) is 8.89. The maximum absolute atomic E-state index is 5.48. The molecule has 0 spiro atoms. The number of hydrogen-bond donors (Lipinski definition) is 1. The van der Waals surface area contributed by atoms with E-state index in [0.717, 1.165) is 25.8 Å². The van der Waals surface area contributed by atoms with Crippen LogP contribution in [0.1, 0.15) is 45.4 Å². The lowest BCUT2D eigenvalue weighted by Crippen LogP contribution is -1.99. The molecule has 0 aromatic carbocycles. The molecule has 0 unspecified atom stereocenters. The number of unbranched alkanes of at least 4 members (excludes halogenated alkanes) is 1. The summed E-state index contributed by atoms with van der Waals surface area (Å²) in [4.78, 5) is 0. The lowest BCUT2D eigenvalue weighted by molar-refractivity contribution is 0.758. The van der Waals surface area contributed by atoms with E-state index in [2.05, 4.69) is 19.6 Å². The Kier molecular flexibility index (Phi) is 9.12. The molecule has 1 heteroatoms. The molecule has 2 N–H and O–H groups in total. The summed E-state index contributed by atoms with van der Waals surface area (Å²) in [5, 5.41) is 0. The summed E-state index contributed by atoms with van der Waals surface area (Å²) in [7, 11) is 0. The van der Waals surface area contributed by atoms with Crippen LogP contribution in [-0.2, 0) is 0 Å². The highest BCUT2D eigenvalue weighted by atomic mass is 14.5. The highest BCUT2D eigenvalue weighted by Gasteiger charge is 1.94. The van der Waals surface area contributed by atoms with Crippen molar-refractivity contribution in [3.8, 4) is 0 Å². The van der Waals surface area contributed by atoms with Crippen molar-refractivity contribution in [2.45, 2.75) is 45.4 Å². The molecule has 0 aliphatic heterocycles. The van der Waals surface area contributed by atoms with Gasteiger partial charge in [0.15, 0.2) is 0 Å². The van der Waals surface area contributed by atoms with E-state index < -0.39 is 0 Å². The van der Waals surface area contributed by atoms with Gasteiger partial charge in [-0.05, 0) is 38.6 Å². The summed E-state index contributed by atoms with van der Waals surface area (Å²) in [5.41, 5.74) is 7.06. The fourth-order valence-corrected chi connectivity index (χ4v) is 1.38. The molecule has 0 radical (unpaired) electrons. The number of rotatable bonds is 8. The third kappa shape index (κ3) is 7.79. The minimum Gasteiger partial charge on any atom is -0.330 e. The first-order valence-electron chi connectivity index (χ1n) is 5.34. The van der Waals surface area contributed by atoms with Gasteiger partial charge in [-0.2, -0.15) is 0 Å². The number of nitrogens with two attached hydrogens (primary N) is 1. The second-order valence-electron chi connectivity index (χ2n) is 3.37. The largest absolute Gasteiger partial charge is 0.330 e. The predicted octanol–water partition coefficient (Wildman–Crippen LogP) is 3.42. The average Bonchev–Trinajstić information content (AvgIpc) is 2.14. The van der Waals surface area contributed by atoms with Crippen LogP contribution in [0.5, 0.6) is 0 Å². The minimum atomic E-state index is 0.808. The Morgan fingerprint density at radius 1 is 1.31 bits per heavy atom. The summed E-state index contributed by atoms with van der Waals surface area (Å²) in [6.07, 6.45) is 11.4. The first-order valence-corrected chi connectivity index (χ1v) is 5.34. The molecule has 0 aromatic rings. The molecule has 0 rings (SSSR count). The van der Waals surface area contributed by atoms with Crippen LogP contribution in [0.3, 0.4) is 0 Å². The summed E-state index contributed by atoms with van der Waals surface area (Å²) in [5.74, 6) is 0. The molecular weight excluding hydrogens is 158 g/mol. The Hall–Kier alpha value is -0.560. The van der Waals surface area contributed by atoms with Crippen LogP contribution in [0.2, 0.25) is 0 Å². The Morgan fingerprint density at radius 3 is 2.62 bits per heavy atom. The maximum Gasteiger partial charge on any atom is -0.00742 e. The van der Waals surface area contributed by atoms with E-state index in [1.807, 2.05) is 6.08 Å². The van der Waals surface area contributed by atoms with Gasteiger partial charge in [0, 0.05) is 0 Å². The highest BCUT2D eigenvalue weighted by Crippen LogP contribution is 2.13. The molecule has 1 nitrogen and oxygen atoms in total. The van der Waals surface area contributed by atoms with Crippen molar-refractivity contribution in [1.29, 1.82) is 0 Å². The molecule has 0 saturated heterocycles. The van der Waals surface area contributed by atoms with Crippen molar-refractivity contribution in [2.75, 3.05) is 6.54 Å². The summed E-state index contributed by atoms with van der Waals surface area (Å²) in [6, 6.07) is 0. The van der Waals surface area contributed by atoms with E-state index in [1.165, 1.54) is 19.3 Å². The van der Waals surface area contributed by atoms with Crippen LogP contribution >= 0.6 is 0 Å². The van der Waals surface area contributed by atoms with Crippen LogP contribution in [-0.4, -0.2) is 6.54 Å². The Labute approximate surface area is 82.7 Å². The van der Waals surface area contributed by atoms with Crippen LogP contribution in [0, 0.1) is 0 Å². The van der Waals surface area contributed by atoms with E-state index in [1.54, 1.807) is 5.57 Å². The van der Waals surface area contributed by atoms with E-state index in [4.69, 9.17) is 5.73 Å². The Balaban J connectivity index is 3.75. The smallest absolute Gasteiger partial charge is 0.00742 e. The molecule has 13 heavy (non-hydrogen) atoms. The van der Waals surface area contributed by atoms with E-state index in [9.17, 15) is 0 Å². The van der Waals surface area contributed by atoms with Crippen molar-refractivity contribution in [2.24, 2.45) is 5.73 Å². The number of hydrogen-bond acceptors (Lipinski definition) is 1. The summed E-state index contributed by atoms with van der Waals surface area (Å²) in [6.45, 7) is 6.75. The lowest BCUT2D eigenvalue weighted by atomic mass is 10.0. The van der Waals surface area contributed by atoms with Gasteiger partial charge in [-0.3, -0.25) is 0 Å². The molecule has 0 aliphatic carbocycles. The molecule has 0 fully saturated rings. The molecule has 0 amide bonds. The van der Waals surface area contributed by atoms with Gasteiger partial charge < -0.3 is 5.73 Å². The molecule has 0 bridgehead atoms. The van der Waals surface area contributed by atoms with Crippen molar-refractivity contribution in [3.05, 3.63) is 24.3 Å². The fourth-order valence-electron chi connectivity index (χ4n) is 1.38. The summed E-state index contributed by atoms with van der Waals surface area (Å²) >= 11 is 0. The topological polar surface area (TPSA) is 26.0 Å². The first kappa shape index (κ1) is 12.4. The maximum atomic E-state index is 5.48. The zero-order valence-electron chi connectivity index (χ0n) is 8.89. The van der Waals surface area contributed by atoms with Gasteiger partial charge in [0.05, 0.1) is 0 Å². The second kappa shape index (κ2) is 9.53. The molecule has 76 valence electrons. The van der Waals surface area contributed by atoms with Gasteiger partial charge in [0.25, 0.3) is 0 Å². The van der Waals surface area contributed by atoms with Crippen molar-refractivity contribution < 1.29 is 0 Å². The highest BCUT2D eigenvalue weighted by molar-refractivity contribution is 5.02. The monoisotopic (exact) mass is 181 g/mol. The first-order chi connectivity index (χ1) is 6.35. The number of allylic oxidation sites excluding steroid dienone is 3. The minimum absolute atomic E-state index is 0.808. The van der Waals surface area contributed by atoms with Gasteiger partial charge in [0.1, 0.15) is 0 Å². The van der Waals surface area contributed by atoms with Gasteiger partial charge >= 0.3 is 0 Å². The third-order valence-corrected chi connectivity index (χ3v) is 2.08. The predicted molar refractivity (Wildman–Crippen MR) is 60.7 cm³/mol. The molecule has 0 atom stereocenters. The molecular formula is C12H23N. The lowest BCUT2D eigenvalue weighted by Gasteiger charge is -2.04. The molecule has 0 heterocycles. The van der Waals surface area contributed by atoms with Crippen LogP contribution in [0.4, 0.5) is 0 Å². The Bertz CT molecular complexity index is 147. The zero-order chi connectivity index (χ0) is 9.94. The van der Waals surface area contributed by atoms with Gasteiger partial charge in [-0.25, -0.2) is 0 Å². The molecule has 0 aromatic heterocycles. The normalized spacial score (nSPS) is 11.7. The van der Waals surface area contributed by atoms with Gasteiger partial charge in [-0.1, -0.05) is 31.1 Å². The standard InChI is InChI=1S/C12H23N/c1-3-5-6-9-12(8-4-2)10-7-11-13/h3,9H,1,4-8,10-11,13H2,2H3/b12-9+. The van der Waals surface area contributed by atoms with Crippen LogP contribution < -0.4 is 5.73 Å². The third-order valence-electron chi connectivity index (χ3n) is 2.08. The van der Waals surface area contributed by atoms with Crippen LogP contribution in [0.15, 0.2) is 24.3 Å². The van der Waals surface area contributed by atoms with E-state index in [0.29, 0.717) is 0 Å². The molecule has 0 saturated carbocycles. The van der Waals surface area contributed by atoms with E-state index in [-0.39, 0.29) is 0 Å². The quantitative estimate of drug-likeness (QED) is 0.450. The van der Waals surface area contributed by atoms with Crippen LogP contribution in [0.25, 0.3) is 0 Å². The summed E-state index contributed by atoms with van der Waals surface area (Å²) < 4.78 is 0.